The van der Waals surface area contributed by atoms with Gasteiger partial charge in [-0.15, -0.1) is 11.8 Å². The number of sulfone groups is 1. The van der Waals surface area contributed by atoms with Crippen LogP contribution in [0.1, 0.15) is 20.8 Å². The van der Waals surface area contributed by atoms with Gasteiger partial charge in [-0.1, -0.05) is 18.2 Å². The number of thiol groups is 1. The molecule has 0 unspecified atom stereocenters. The van der Waals surface area contributed by atoms with Crippen molar-refractivity contribution < 1.29 is 37.0 Å². The number of hydrogen-bond acceptors (Lipinski definition) is 10. The van der Waals surface area contributed by atoms with Crippen LogP contribution < -0.4 is 4.74 Å². The predicted molar refractivity (Wildman–Crippen MR) is 129 cm³/mol. The van der Waals surface area contributed by atoms with E-state index in [2.05, 4.69) is 12.6 Å². The number of Topliss-reactive ketones (excluding diaryl/α,β-unsaturated/α-hetero) is 1. The highest BCUT2D eigenvalue weighted by atomic mass is 32.2. The number of carbonyl (C=O) groups excluding carboxylic acids is 3. The van der Waals surface area contributed by atoms with E-state index in [1.54, 1.807) is 18.2 Å². The molecule has 2 aromatic carbocycles. The highest BCUT2D eigenvalue weighted by Crippen LogP contribution is 2.41. The number of rotatable bonds is 7. The molecule has 0 spiro atoms. The fraction of sp³-hybridized carbons (Fsp3) is 0.348. The van der Waals surface area contributed by atoms with E-state index >= 15 is 0 Å². The Balaban J connectivity index is 1.93. The molecule has 0 aromatic heterocycles. The molecule has 0 bridgehead atoms. The first kappa shape index (κ1) is 26.1. The van der Waals surface area contributed by atoms with Crippen LogP contribution in [0.5, 0.6) is 5.75 Å². The first-order chi connectivity index (χ1) is 16.0. The lowest BCUT2D eigenvalue weighted by Crippen LogP contribution is -2.65. The number of hydrogen-bond donors (Lipinski definition) is 1. The standard InChI is InChI=1S/C23H24O8S3/c1-14(24)23(31-16(3)26)13-33-22(32)20(21(23)29-15(2)25)30-17-9-11-19(12-10-17)34(27,28)18-7-5-4-6-8-18/h4-12,20-22,32H,13H2,1-3H3/t20-,21-,22-,23+/m1/s1. The molecule has 0 aliphatic carbocycles. The summed E-state index contributed by atoms with van der Waals surface area (Å²) in [7, 11) is -3.72. The van der Waals surface area contributed by atoms with Gasteiger partial charge in [0, 0.05) is 19.6 Å². The molecule has 0 amide bonds. The van der Waals surface area contributed by atoms with Crippen molar-refractivity contribution >= 4 is 51.9 Å². The zero-order valence-electron chi connectivity index (χ0n) is 18.7. The first-order valence-corrected chi connectivity index (χ1v) is 13.3. The summed E-state index contributed by atoms with van der Waals surface area (Å²) in [4.78, 5) is 36.5. The van der Waals surface area contributed by atoms with Crippen molar-refractivity contribution in [3.8, 4) is 5.75 Å². The third-order valence-electron chi connectivity index (χ3n) is 5.18. The summed E-state index contributed by atoms with van der Waals surface area (Å²) in [6, 6.07) is 13.7. The molecule has 182 valence electrons. The highest BCUT2D eigenvalue weighted by Gasteiger charge is 2.58. The van der Waals surface area contributed by atoms with Crippen molar-refractivity contribution in [1.29, 1.82) is 0 Å². The molecular formula is C23H24O8S3. The number of ketones is 1. The van der Waals surface area contributed by atoms with Crippen LogP contribution in [0.3, 0.4) is 0 Å². The van der Waals surface area contributed by atoms with Crippen LogP contribution in [-0.4, -0.2) is 54.3 Å². The summed E-state index contributed by atoms with van der Waals surface area (Å²) < 4.78 is 42.0. The van der Waals surface area contributed by atoms with Gasteiger partial charge in [0.25, 0.3) is 0 Å². The Kier molecular flexibility index (Phi) is 7.99. The Hall–Kier alpha value is -2.50. The zero-order valence-corrected chi connectivity index (χ0v) is 21.2. The fourth-order valence-corrected chi connectivity index (χ4v) is 6.53. The highest BCUT2D eigenvalue weighted by molar-refractivity contribution is 8.10. The first-order valence-electron chi connectivity index (χ1n) is 10.2. The third kappa shape index (κ3) is 5.42. The van der Waals surface area contributed by atoms with Crippen LogP contribution in [-0.2, 0) is 33.7 Å². The van der Waals surface area contributed by atoms with Crippen molar-refractivity contribution in [2.45, 2.75) is 53.0 Å². The van der Waals surface area contributed by atoms with E-state index < -0.39 is 50.0 Å². The van der Waals surface area contributed by atoms with Crippen LogP contribution in [0.25, 0.3) is 0 Å². The third-order valence-corrected chi connectivity index (χ3v) is 8.91. The summed E-state index contributed by atoms with van der Waals surface area (Å²) in [5.41, 5.74) is -1.75. The predicted octanol–water partition coefficient (Wildman–Crippen LogP) is 3.09. The molecule has 1 saturated heterocycles. The van der Waals surface area contributed by atoms with Gasteiger partial charge in [0.2, 0.25) is 15.4 Å². The van der Waals surface area contributed by atoms with Crippen molar-refractivity contribution in [2.24, 2.45) is 0 Å². The summed E-state index contributed by atoms with van der Waals surface area (Å²) in [6.45, 7) is 3.59. The Morgan fingerprint density at radius 3 is 2.06 bits per heavy atom. The summed E-state index contributed by atoms with van der Waals surface area (Å²) >= 11 is 5.73. The largest absolute Gasteiger partial charge is 0.484 e. The number of benzene rings is 2. The Morgan fingerprint density at radius 1 is 0.941 bits per heavy atom. The van der Waals surface area contributed by atoms with Gasteiger partial charge in [-0.05, 0) is 43.3 Å². The molecule has 2 aromatic rings. The van der Waals surface area contributed by atoms with Gasteiger partial charge in [0.1, 0.15) is 5.75 Å². The Bertz CT molecular complexity index is 1160. The molecule has 34 heavy (non-hydrogen) atoms. The van der Waals surface area contributed by atoms with E-state index in [4.69, 9.17) is 14.2 Å². The number of esters is 2. The van der Waals surface area contributed by atoms with Gasteiger partial charge in [0.05, 0.1) is 14.4 Å². The maximum atomic E-state index is 12.8. The number of thioether (sulfide) groups is 1. The van der Waals surface area contributed by atoms with E-state index in [1.165, 1.54) is 62.0 Å². The quantitative estimate of drug-likeness (QED) is 0.431. The van der Waals surface area contributed by atoms with Crippen molar-refractivity contribution in [2.75, 3.05) is 5.75 Å². The van der Waals surface area contributed by atoms with E-state index in [9.17, 15) is 22.8 Å². The molecule has 4 atom stereocenters. The Morgan fingerprint density at radius 2 is 1.53 bits per heavy atom. The van der Waals surface area contributed by atoms with Crippen molar-refractivity contribution in [3.05, 3.63) is 54.6 Å². The van der Waals surface area contributed by atoms with Crippen LogP contribution >= 0.6 is 24.4 Å². The molecule has 1 aliphatic rings. The Labute approximate surface area is 207 Å². The SMILES string of the molecule is CC(=O)O[C@@H]1[C@@H](Oc2ccc(S(=O)(=O)c3ccccc3)cc2)[C@H](S)SC[C@]1(OC(C)=O)C(C)=O. The average Bonchev–Trinajstić information content (AvgIpc) is 2.78. The molecule has 11 heteroatoms. The molecule has 0 radical (unpaired) electrons. The lowest BCUT2D eigenvalue weighted by Gasteiger charge is -2.45. The summed E-state index contributed by atoms with van der Waals surface area (Å²) in [6.07, 6.45) is -2.24. The minimum absolute atomic E-state index is 0.0299. The molecule has 3 rings (SSSR count). The molecule has 1 fully saturated rings. The van der Waals surface area contributed by atoms with E-state index in [-0.39, 0.29) is 21.3 Å². The van der Waals surface area contributed by atoms with Gasteiger partial charge >= 0.3 is 11.9 Å². The second-order valence-electron chi connectivity index (χ2n) is 7.64. The lowest BCUT2D eigenvalue weighted by atomic mass is 9.89. The topological polar surface area (TPSA) is 113 Å². The van der Waals surface area contributed by atoms with Crippen LogP contribution in [0.2, 0.25) is 0 Å². The second kappa shape index (κ2) is 10.4. The molecule has 1 heterocycles. The van der Waals surface area contributed by atoms with Gasteiger partial charge in [-0.3, -0.25) is 14.4 Å². The summed E-state index contributed by atoms with van der Waals surface area (Å²) in [5.74, 6) is -1.61. The maximum absolute atomic E-state index is 12.8. The monoisotopic (exact) mass is 524 g/mol. The minimum Gasteiger partial charge on any atom is -0.484 e. The van der Waals surface area contributed by atoms with Crippen molar-refractivity contribution in [1.82, 2.24) is 0 Å². The second-order valence-corrected chi connectivity index (χ2v) is 11.6. The molecule has 1 aliphatic heterocycles. The zero-order chi connectivity index (χ0) is 25.1. The summed E-state index contributed by atoms with van der Waals surface area (Å²) in [5, 5.41) is 0. The van der Waals surface area contributed by atoms with Crippen LogP contribution in [0, 0.1) is 0 Å². The molecule has 0 saturated carbocycles. The van der Waals surface area contributed by atoms with Gasteiger partial charge in [-0.25, -0.2) is 8.42 Å². The molecule has 0 N–H and O–H groups in total. The smallest absolute Gasteiger partial charge is 0.303 e. The number of carbonyl (C=O) groups is 3. The normalized spacial score (nSPS) is 24.6. The maximum Gasteiger partial charge on any atom is 0.303 e. The average molecular weight is 525 g/mol. The van der Waals surface area contributed by atoms with E-state index in [1.807, 2.05) is 0 Å². The van der Waals surface area contributed by atoms with Crippen LogP contribution in [0.4, 0.5) is 0 Å². The van der Waals surface area contributed by atoms with E-state index in [0.29, 0.717) is 0 Å². The van der Waals surface area contributed by atoms with Crippen molar-refractivity contribution in [3.63, 3.8) is 0 Å². The molecular weight excluding hydrogens is 500 g/mol. The molecule has 8 nitrogen and oxygen atoms in total. The minimum atomic E-state index is -3.72. The lowest BCUT2D eigenvalue weighted by molar-refractivity contribution is -0.193. The number of ether oxygens (including phenoxy) is 3. The van der Waals surface area contributed by atoms with Gasteiger partial charge in [0.15, 0.2) is 18.0 Å². The fourth-order valence-electron chi connectivity index (χ4n) is 3.57. The van der Waals surface area contributed by atoms with Crippen LogP contribution in [0.15, 0.2) is 64.4 Å². The van der Waals surface area contributed by atoms with Gasteiger partial charge < -0.3 is 14.2 Å². The van der Waals surface area contributed by atoms with Gasteiger partial charge in [-0.2, -0.15) is 12.6 Å². The van der Waals surface area contributed by atoms with E-state index in [0.717, 1.165) is 6.92 Å².